The summed E-state index contributed by atoms with van der Waals surface area (Å²) in [5, 5.41) is 0.695. The number of rotatable bonds is 2. The molecule has 0 radical (unpaired) electrons. The van der Waals surface area contributed by atoms with Crippen molar-refractivity contribution >= 4 is 40.4 Å². The van der Waals surface area contributed by atoms with Gasteiger partial charge >= 0.3 is 0 Å². The first-order chi connectivity index (χ1) is 10.1. The van der Waals surface area contributed by atoms with Crippen LogP contribution in [0.1, 0.15) is 5.82 Å². The number of aromatic nitrogens is 2. The van der Waals surface area contributed by atoms with Crippen LogP contribution in [0.2, 0.25) is 5.02 Å². The van der Waals surface area contributed by atoms with E-state index in [0.29, 0.717) is 17.5 Å². The summed E-state index contributed by atoms with van der Waals surface area (Å²) in [7, 11) is 1.99. The first kappa shape index (κ1) is 14.5. The Morgan fingerprint density at radius 2 is 2.19 bits per heavy atom. The Hall–Kier alpha value is -1.40. The number of hydrogen-bond donors (Lipinski definition) is 1. The van der Waals surface area contributed by atoms with E-state index in [0.717, 1.165) is 41.5 Å². The van der Waals surface area contributed by atoms with Crippen molar-refractivity contribution in [2.75, 3.05) is 24.6 Å². The zero-order chi connectivity index (χ0) is 14.8. The highest BCUT2D eigenvalue weighted by molar-refractivity contribution is 7.99. The topological polar surface area (TPSA) is 59.4 Å². The van der Waals surface area contributed by atoms with Crippen molar-refractivity contribution in [3.05, 3.63) is 29.0 Å². The SMILES string of the molecule is Cn1c(CN=C(N)N2CCSCC2)nc2cc(Cl)ccc21. The number of hydrogen-bond acceptors (Lipinski definition) is 3. The van der Waals surface area contributed by atoms with E-state index in [2.05, 4.69) is 14.9 Å². The number of nitrogens with two attached hydrogens (primary N) is 1. The Balaban J connectivity index is 1.79. The zero-order valence-electron chi connectivity index (χ0n) is 11.9. The summed E-state index contributed by atoms with van der Waals surface area (Å²) in [6.45, 7) is 2.43. The number of fused-ring (bicyclic) bond motifs is 1. The Bertz CT molecular complexity index is 675. The zero-order valence-corrected chi connectivity index (χ0v) is 13.5. The van der Waals surface area contributed by atoms with E-state index in [1.165, 1.54) is 0 Å². The molecule has 2 aromatic rings. The standard InChI is InChI=1S/C14H18ClN5S/c1-19-12-3-2-10(15)8-11(12)18-13(19)9-17-14(16)20-4-6-21-7-5-20/h2-3,8H,4-7,9H2,1H3,(H2,16,17). The van der Waals surface area contributed by atoms with Crippen LogP contribution >= 0.6 is 23.4 Å². The Labute approximate surface area is 133 Å². The van der Waals surface area contributed by atoms with Crippen LogP contribution in [0.5, 0.6) is 0 Å². The van der Waals surface area contributed by atoms with Gasteiger partial charge in [0.05, 0.1) is 11.0 Å². The second-order valence-corrected chi connectivity index (χ2v) is 6.66. The number of guanidine groups is 1. The predicted molar refractivity (Wildman–Crippen MR) is 89.9 cm³/mol. The van der Waals surface area contributed by atoms with Gasteiger partial charge in [-0.3, -0.25) is 0 Å². The molecule has 1 aliphatic rings. The maximum Gasteiger partial charge on any atom is 0.191 e. The van der Waals surface area contributed by atoms with E-state index in [-0.39, 0.29) is 0 Å². The molecule has 1 aliphatic heterocycles. The number of benzene rings is 1. The molecule has 0 spiro atoms. The minimum atomic E-state index is 0.484. The number of nitrogens with zero attached hydrogens (tertiary/aromatic N) is 4. The molecule has 0 aliphatic carbocycles. The molecule has 0 saturated carbocycles. The average molecular weight is 324 g/mol. The van der Waals surface area contributed by atoms with Gasteiger partial charge in [-0.1, -0.05) is 11.6 Å². The molecule has 1 aromatic carbocycles. The van der Waals surface area contributed by atoms with E-state index in [4.69, 9.17) is 17.3 Å². The molecule has 112 valence electrons. The Morgan fingerprint density at radius 3 is 2.95 bits per heavy atom. The lowest BCUT2D eigenvalue weighted by molar-refractivity contribution is 0.455. The minimum absolute atomic E-state index is 0.484. The van der Waals surface area contributed by atoms with Crippen LogP contribution in [0.25, 0.3) is 11.0 Å². The van der Waals surface area contributed by atoms with Gasteiger partial charge in [-0.15, -0.1) is 0 Å². The molecule has 21 heavy (non-hydrogen) atoms. The van der Waals surface area contributed by atoms with Crippen molar-refractivity contribution in [3.8, 4) is 0 Å². The highest BCUT2D eigenvalue weighted by atomic mass is 35.5. The highest BCUT2D eigenvalue weighted by Crippen LogP contribution is 2.20. The summed E-state index contributed by atoms with van der Waals surface area (Å²) >= 11 is 7.96. The molecule has 1 saturated heterocycles. The number of imidazole rings is 1. The van der Waals surface area contributed by atoms with Crippen LogP contribution in [-0.2, 0) is 13.6 Å². The quantitative estimate of drug-likeness (QED) is 0.679. The molecule has 0 bridgehead atoms. The molecule has 3 rings (SSSR count). The van der Waals surface area contributed by atoms with E-state index < -0.39 is 0 Å². The fourth-order valence-corrected chi connectivity index (χ4v) is 3.48. The molecule has 0 unspecified atom stereocenters. The summed E-state index contributed by atoms with van der Waals surface area (Å²) in [6, 6.07) is 5.72. The summed E-state index contributed by atoms with van der Waals surface area (Å²) < 4.78 is 2.04. The van der Waals surface area contributed by atoms with Gasteiger partial charge in [0, 0.05) is 36.7 Å². The molecule has 1 aromatic heterocycles. The van der Waals surface area contributed by atoms with Crippen molar-refractivity contribution in [3.63, 3.8) is 0 Å². The van der Waals surface area contributed by atoms with Crippen molar-refractivity contribution in [2.24, 2.45) is 17.8 Å². The van der Waals surface area contributed by atoms with Crippen molar-refractivity contribution in [1.29, 1.82) is 0 Å². The minimum Gasteiger partial charge on any atom is -0.370 e. The van der Waals surface area contributed by atoms with Crippen LogP contribution in [0.15, 0.2) is 23.2 Å². The lowest BCUT2D eigenvalue weighted by Gasteiger charge is -2.27. The summed E-state index contributed by atoms with van der Waals surface area (Å²) in [4.78, 5) is 11.2. The summed E-state index contributed by atoms with van der Waals surface area (Å²) in [6.07, 6.45) is 0. The predicted octanol–water partition coefficient (Wildman–Crippen LogP) is 2.09. The first-order valence-corrected chi connectivity index (χ1v) is 8.42. The number of aryl methyl sites for hydroxylation is 1. The third-order valence-electron chi connectivity index (χ3n) is 3.65. The molecular weight excluding hydrogens is 306 g/mol. The maximum absolute atomic E-state index is 6.07. The second kappa shape index (κ2) is 6.15. The number of halogens is 1. The van der Waals surface area contributed by atoms with E-state index in [1.54, 1.807) is 0 Å². The van der Waals surface area contributed by atoms with Gasteiger partial charge < -0.3 is 15.2 Å². The molecule has 0 amide bonds. The number of aliphatic imine (C=N–C) groups is 1. The largest absolute Gasteiger partial charge is 0.370 e. The summed E-state index contributed by atoms with van der Waals surface area (Å²) in [5.41, 5.74) is 8.02. The van der Waals surface area contributed by atoms with Crippen LogP contribution in [0.3, 0.4) is 0 Å². The molecule has 7 heteroatoms. The van der Waals surface area contributed by atoms with Gasteiger partial charge in [0.15, 0.2) is 5.96 Å². The van der Waals surface area contributed by atoms with Crippen molar-refractivity contribution in [1.82, 2.24) is 14.5 Å². The Morgan fingerprint density at radius 1 is 1.43 bits per heavy atom. The molecule has 0 atom stereocenters. The molecule has 5 nitrogen and oxygen atoms in total. The van der Waals surface area contributed by atoms with Gasteiger partial charge in [-0.05, 0) is 18.2 Å². The van der Waals surface area contributed by atoms with Crippen LogP contribution < -0.4 is 5.73 Å². The highest BCUT2D eigenvalue weighted by Gasteiger charge is 2.13. The maximum atomic E-state index is 6.07. The van der Waals surface area contributed by atoms with Gasteiger partial charge in [0.2, 0.25) is 0 Å². The third-order valence-corrected chi connectivity index (χ3v) is 4.83. The van der Waals surface area contributed by atoms with E-state index in [1.807, 2.05) is 41.6 Å². The Kier molecular flexibility index (Phi) is 4.26. The fraction of sp³-hybridized carbons (Fsp3) is 0.429. The van der Waals surface area contributed by atoms with E-state index in [9.17, 15) is 0 Å². The van der Waals surface area contributed by atoms with E-state index >= 15 is 0 Å². The summed E-state index contributed by atoms with van der Waals surface area (Å²) in [5.74, 6) is 3.73. The normalized spacial score (nSPS) is 16.7. The average Bonchev–Trinajstić information content (AvgIpc) is 2.81. The first-order valence-electron chi connectivity index (χ1n) is 6.88. The van der Waals surface area contributed by atoms with Crippen LogP contribution in [0.4, 0.5) is 0 Å². The number of thioether (sulfide) groups is 1. The van der Waals surface area contributed by atoms with Crippen LogP contribution in [0, 0.1) is 0 Å². The third kappa shape index (κ3) is 3.11. The molecule has 2 heterocycles. The van der Waals surface area contributed by atoms with Gasteiger partial charge in [0.1, 0.15) is 12.4 Å². The van der Waals surface area contributed by atoms with Gasteiger partial charge in [0.25, 0.3) is 0 Å². The smallest absolute Gasteiger partial charge is 0.191 e. The van der Waals surface area contributed by atoms with Crippen LogP contribution in [-0.4, -0.2) is 45.0 Å². The monoisotopic (exact) mass is 323 g/mol. The lowest BCUT2D eigenvalue weighted by atomic mass is 10.3. The van der Waals surface area contributed by atoms with Gasteiger partial charge in [-0.2, -0.15) is 11.8 Å². The van der Waals surface area contributed by atoms with Crippen molar-refractivity contribution < 1.29 is 0 Å². The molecule has 2 N–H and O–H groups in total. The van der Waals surface area contributed by atoms with Gasteiger partial charge in [-0.25, -0.2) is 9.98 Å². The van der Waals surface area contributed by atoms with Crippen molar-refractivity contribution in [2.45, 2.75) is 6.54 Å². The lowest BCUT2D eigenvalue weighted by Crippen LogP contribution is -2.42. The molecule has 1 fully saturated rings. The molecular formula is C14H18ClN5S. The second-order valence-electron chi connectivity index (χ2n) is 4.99. The fourth-order valence-electron chi connectivity index (χ4n) is 2.41.